The number of nitrogens with zero attached hydrogens (tertiary/aromatic N) is 2. The summed E-state index contributed by atoms with van der Waals surface area (Å²) in [4.78, 5) is 16.9. The molecule has 2 aromatic rings. The number of aliphatic hydroxyl groups is 1. The predicted octanol–water partition coefficient (Wildman–Crippen LogP) is 3.69. The highest BCUT2D eigenvalue weighted by Gasteiger charge is 2.72. The Bertz CT molecular complexity index is 1400. The number of piperidine rings is 1. The van der Waals surface area contributed by atoms with Crippen LogP contribution in [0.5, 0.6) is 0 Å². The smallest absolute Gasteiger partial charge is 0.226 e. The fraction of sp³-hybridized carbons (Fsp3) is 0.548. The van der Waals surface area contributed by atoms with E-state index >= 15 is 0 Å². The summed E-state index contributed by atoms with van der Waals surface area (Å²) in [5.74, 6) is -0.0858. The summed E-state index contributed by atoms with van der Waals surface area (Å²) in [6, 6.07) is 13.8. The van der Waals surface area contributed by atoms with Gasteiger partial charge in [0.1, 0.15) is 0 Å². The summed E-state index contributed by atoms with van der Waals surface area (Å²) in [6.07, 6.45) is 9.76. The van der Waals surface area contributed by atoms with Gasteiger partial charge in [0.05, 0.1) is 17.8 Å². The third kappa shape index (κ3) is 4.18. The largest absolute Gasteiger partial charge is 0.387 e. The van der Waals surface area contributed by atoms with Crippen molar-refractivity contribution >= 4 is 22.0 Å². The minimum absolute atomic E-state index is 0.0544. The maximum absolute atomic E-state index is 14.0. The Morgan fingerprint density at radius 2 is 1.85 bits per heavy atom. The molecule has 0 radical (unpaired) electrons. The van der Waals surface area contributed by atoms with E-state index in [2.05, 4.69) is 54.5 Å². The topological polar surface area (TPSA) is 99.6 Å². The highest BCUT2D eigenvalue weighted by atomic mass is 32.2. The van der Waals surface area contributed by atoms with E-state index in [1.807, 2.05) is 12.1 Å². The standard InChI is InChI=1S/C31H39N3O4S/c1-28(2)24-11-13-30(28,31(36,20-24)21-33-27(35)19-25-8-5-6-16-32-25)22-39(37,38)34-17-14-29(15-18-34)12-10-23-7-3-4-9-26(23)29/h3-10,12,16,24,36H,11,13-15,17-22H2,1-2H3,(H,33,35)/t24-,30+,31-/m1/s1. The van der Waals surface area contributed by atoms with E-state index in [1.54, 1.807) is 22.6 Å². The highest BCUT2D eigenvalue weighted by molar-refractivity contribution is 7.89. The summed E-state index contributed by atoms with van der Waals surface area (Å²) >= 11 is 0. The van der Waals surface area contributed by atoms with E-state index in [1.165, 1.54) is 11.1 Å². The number of fused-ring (bicyclic) bond motifs is 4. The average molecular weight is 550 g/mol. The van der Waals surface area contributed by atoms with Crippen LogP contribution in [0.15, 0.2) is 54.7 Å². The summed E-state index contributed by atoms with van der Waals surface area (Å²) in [6.45, 7) is 5.22. The molecule has 1 aromatic carbocycles. The number of aromatic nitrogens is 1. The third-order valence-electron chi connectivity index (χ3n) is 10.8. The number of allylic oxidation sites excluding steroid dienone is 1. The first-order chi connectivity index (χ1) is 18.5. The zero-order valence-electron chi connectivity index (χ0n) is 22.9. The van der Waals surface area contributed by atoms with Crippen molar-refractivity contribution in [2.75, 3.05) is 25.4 Å². The van der Waals surface area contributed by atoms with Crippen molar-refractivity contribution in [1.82, 2.24) is 14.6 Å². The van der Waals surface area contributed by atoms with E-state index in [9.17, 15) is 18.3 Å². The van der Waals surface area contributed by atoms with Gasteiger partial charge >= 0.3 is 0 Å². The molecular weight excluding hydrogens is 510 g/mol. The lowest BCUT2D eigenvalue weighted by Crippen LogP contribution is -2.60. The van der Waals surface area contributed by atoms with E-state index < -0.39 is 21.0 Å². The van der Waals surface area contributed by atoms with Crippen molar-refractivity contribution in [3.05, 3.63) is 71.6 Å². The Balaban J connectivity index is 1.18. The first-order valence-corrected chi connectivity index (χ1v) is 15.8. The number of rotatable bonds is 7. The SMILES string of the molecule is CC1(C)[C@@H]2CC[C@@]1(CS(=O)(=O)N1CCC3(C=Cc4ccccc43)CC1)[C@](O)(CNC(=O)Cc1ccccn1)C2. The van der Waals surface area contributed by atoms with E-state index in [0.717, 1.165) is 19.3 Å². The number of pyridine rings is 1. The predicted molar refractivity (Wildman–Crippen MR) is 151 cm³/mol. The molecule has 39 heavy (non-hydrogen) atoms. The van der Waals surface area contributed by atoms with Gasteiger partial charge in [-0.25, -0.2) is 12.7 Å². The first kappa shape index (κ1) is 26.7. The lowest BCUT2D eigenvalue weighted by Gasteiger charge is -2.49. The van der Waals surface area contributed by atoms with Crippen LogP contribution >= 0.6 is 0 Å². The molecule has 2 N–H and O–H groups in total. The van der Waals surface area contributed by atoms with Crippen molar-refractivity contribution in [3.8, 4) is 0 Å². The number of hydrogen-bond acceptors (Lipinski definition) is 5. The monoisotopic (exact) mass is 549 g/mol. The van der Waals surface area contributed by atoms with Crippen LogP contribution in [-0.4, -0.2) is 59.7 Å². The molecule has 3 atom stereocenters. The molecule has 1 aliphatic heterocycles. The lowest BCUT2D eigenvalue weighted by molar-refractivity contribution is -0.125. The minimum Gasteiger partial charge on any atom is -0.387 e. The second-order valence-corrected chi connectivity index (χ2v) is 14.8. The fourth-order valence-corrected chi connectivity index (χ4v) is 10.7. The Hall–Kier alpha value is -2.55. The van der Waals surface area contributed by atoms with Gasteiger partial charge in [-0.2, -0.15) is 0 Å². The number of carbonyl (C=O) groups excluding carboxylic acids is 1. The maximum atomic E-state index is 14.0. The second kappa shape index (κ2) is 9.25. The van der Waals surface area contributed by atoms with Gasteiger partial charge in [-0.05, 0) is 66.7 Å². The van der Waals surface area contributed by atoms with Gasteiger partial charge in [0.25, 0.3) is 0 Å². The van der Waals surface area contributed by atoms with Crippen LogP contribution in [-0.2, 0) is 26.7 Å². The third-order valence-corrected chi connectivity index (χ3v) is 12.8. The molecule has 2 saturated carbocycles. The van der Waals surface area contributed by atoms with E-state index in [0.29, 0.717) is 31.6 Å². The molecule has 2 heterocycles. The van der Waals surface area contributed by atoms with Crippen LogP contribution < -0.4 is 5.32 Å². The van der Waals surface area contributed by atoms with Crippen LogP contribution in [0, 0.1) is 16.7 Å². The number of amides is 1. The quantitative estimate of drug-likeness (QED) is 0.549. The Kier molecular flexibility index (Phi) is 6.32. The molecule has 1 saturated heterocycles. The van der Waals surface area contributed by atoms with Crippen molar-refractivity contribution in [2.24, 2.45) is 16.7 Å². The van der Waals surface area contributed by atoms with Gasteiger partial charge in [0, 0.05) is 42.4 Å². The molecule has 3 fully saturated rings. The number of benzene rings is 1. The van der Waals surface area contributed by atoms with Crippen molar-refractivity contribution in [2.45, 2.75) is 63.4 Å². The molecule has 7 nitrogen and oxygen atoms in total. The zero-order chi connectivity index (χ0) is 27.5. The number of nitrogens with one attached hydrogen (secondary N) is 1. The number of hydrogen-bond donors (Lipinski definition) is 2. The van der Waals surface area contributed by atoms with Crippen LogP contribution in [0.25, 0.3) is 6.08 Å². The fourth-order valence-electron chi connectivity index (χ4n) is 8.33. The summed E-state index contributed by atoms with van der Waals surface area (Å²) in [5, 5.41) is 15.0. The molecule has 0 unspecified atom stereocenters. The zero-order valence-corrected chi connectivity index (χ0v) is 23.7. The van der Waals surface area contributed by atoms with Gasteiger partial charge in [-0.3, -0.25) is 9.78 Å². The first-order valence-electron chi connectivity index (χ1n) is 14.2. The molecule has 6 rings (SSSR count). The maximum Gasteiger partial charge on any atom is 0.226 e. The van der Waals surface area contributed by atoms with E-state index in [4.69, 9.17) is 0 Å². The highest BCUT2D eigenvalue weighted by Crippen LogP contribution is 2.70. The normalized spacial score (nSPS) is 30.5. The van der Waals surface area contributed by atoms with E-state index in [-0.39, 0.29) is 41.4 Å². The molecular formula is C31H39N3O4S. The molecule has 208 valence electrons. The second-order valence-electron chi connectivity index (χ2n) is 12.8. The molecule has 1 amide bonds. The van der Waals surface area contributed by atoms with Gasteiger partial charge in [0.2, 0.25) is 15.9 Å². The minimum atomic E-state index is -3.64. The molecule has 1 spiro atoms. The van der Waals surface area contributed by atoms with Crippen LogP contribution in [0.2, 0.25) is 0 Å². The lowest BCUT2D eigenvalue weighted by atomic mass is 9.64. The Labute approximate surface area is 231 Å². The number of sulfonamides is 1. The van der Waals surface area contributed by atoms with Crippen LogP contribution in [0.1, 0.15) is 62.8 Å². The molecule has 2 bridgehead atoms. The summed E-state index contributed by atoms with van der Waals surface area (Å²) < 4.78 is 29.7. The van der Waals surface area contributed by atoms with Gasteiger partial charge in [0.15, 0.2) is 0 Å². The van der Waals surface area contributed by atoms with Gasteiger partial charge < -0.3 is 10.4 Å². The molecule has 4 aliphatic rings. The average Bonchev–Trinajstić information content (AvgIpc) is 3.44. The van der Waals surface area contributed by atoms with Crippen LogP contribution in [0.3, 0.4) is 0 Å². The van der Waals surface area contributed by atoms with Crippen molar-refractivity contribution in [3.63, 3.8) is 0 Å². The molecule has 8 heteroatoms. The summed E-state index contributed by atoms with van der Waals surface area (Å²) in [5.41, 5.74) is 0.636. The van der Waals surface area contributed by atoms with Crippen LogP contribution in [0.4, 0.5) is 0 Å². The van der Waals surface area contributed by atoms with Crippen molar-refractivity contribution in [1.29, 1.82) is 0 Å². The Morgan fingerprint density at radius 3 is 2.56 bits per heavy atom. The summed E-state index contributed by atoms with van der Waals surface area (Å²) in [7, 11) is -3.64. The van der Waals surface area contributed by atoms with Gasteiger partial charge in [-0.15, -0.1) is 0 Å². The van der Waals surface area contributed by atoms with Crippen molar-refractivity contribution < 1.29 is 18.3 Å². The molecule has 1 aromatic heterocycles. The van der Waals surface area contributed by atoms with Gasteiger partial charge in [-0.1, -0.05) is 56.3 Å². The molecule has 3 aliphatic carbocycles. The Morgan fingerprint density at radius 1 is 1.10 bits per heavy atom. The number of carbonyl (C=O) groups is 1.